The Labute approximate surface area is 216 Å². The summed E-state index contributed by atoms with van der Waals surface area (Å²) >= 11 is 0. The van der Waals surface area contributed by atoms with E-state index in [1.165, 1.54) is 5.56 Å². The number of fused-ring (bicyclic) bond motifs is 1. The molecule has 5 rings (SSSR count). The molecule has 4 aromatic rings. The maximum atomic E-state index is 13.4. The molecule has 3 N–H and O–H groups in total. The van der Waals surface area contributed by atoms with E-state index in [0.717, 1.165) is 48.1 Å². The summed E-state index contributed by atoms with van der Waals surface area (Å²) in [6.45, 7) is 2.69. The molecule has 1 fully saturated rings. The molecule has 1 aromatic heterocycles. The second-order valence-electron chi connectivity index (χ2n) is 9.54. The van der Waals surface area contributed by atoms with Crippen LogP contribution in [0.5, 0.6) is 0 Å². The third-order valence-corrected chi connectivity index (χ3v) is 6.79. The Morgan fingerprint density at radius 2 is 1.65 bits per heavy atom. The van der Waals surface area contributed by atoms with Crippen LogP contribution in [0, 0.1) is 0 Å². The normalized spacial score (nSPS) is 16.4. The topological polar surface area (TPSA) is 86.5 Å². The number of nitrogens with zero attached hydrogens (tertiary/aromatic N) is 1. The highest BCUT2D eigenvalue weighted by atomic mass is 16.5. The molecular formula is C30H32N4O3. The van der Waals surface area contributed by atoms with Gasteiger partial charge >= 0.3 is 6.09 Å². The molecule has 0 bridgehead atoms. The number of alkyl carbamates (subject to hydrolysis) is 1. The number of para-hydroxylation sites is 1. The third kappa shape index (κ3) is 6.57. The molecule has 2 heterocycles. The minimum Gasteiger partial charge on any atom is -0.445 e. The lowest BCUT2D eigenvalue weighted by atomic mass is 10.0. The SMILES string of the molecule is O=C(N[C@@H](Cc1c[nH]c2ccccc12)C(=O)NC1CCN(Cc2ccccc2)C1)OCc1ccccc1. The van der Waals surface area contributed by atoms with Crippen molar-refractivity contribution in [2.75, 3.05) is 13.1 Å². The van der Waals surface area contributed by atoms with Crippen LogP contribution in [0.25, 0.3) is 10.9 Å². The summed E-state index contributed by atoms with van der Waals surface area (Å²) in [6, 6.07) is 27.1. The van der Waals surface area contributed by atoms with E-state index in [9.17, 15) is 9.59 Å². The largest absolute Gasteiger partial charge is 0.445 e. The van der Waals surface area contributed by atoms with Gasteiger partial charge in [0.2, 0.25) is 5.91 Å². The number of carbonyl (C=O) groups excluding carboxylic acids is 2. The summed E-state index contributed by atoms with van der Waals surface area (Å²) in [5.74, 6) is -0.200. The number of hydrogen-bond donors (Lipinski definition) is 3. The van der Waals surface area contributed by atoms with Crippen LogP contribution in [0.1, 0.15) is 23.1 Å². The van der Waals surface area contributed by atoms with Gasteiger partial charge in [-0.3, -0.25) is 9.69 Å². The van der Waals surface area contributed by atoms with Crippen LogP contribution in [0.4, 0.5) is 4.79 Å². The summed E-state index contributed by atoms with van der Waals surface area (Å²) in [7, 11) is 0. The third-order valence-electron chi connectivity index (χ3n) is 6.79. The first kappa shape index (κ1) is 24.6. The average molecular weight is 497 g/mol. The van der Waals surface area contributed by atoms with Gasteiger partial charge in [-0.15, -0.1) is 0 Å². The highest BCUT2D eigenvalue weighted by Gasteiger charge is 2.29. The van der Waals surface area contributed by atoms with Crippen molar-refractivity contribution in [1.82, 2.24) is 20.5 Å². The standard InChI is InChI=1S/C30H32N4O3/c35-29(32-25-15-16-34(20-25)19-22-9-3-1-4-10-22)28(17-24-18-31-27-14-8-7-13-26(24)27)33-30(36)37-21-23-11-5-2-6-12-23/h1-14,18,25,28,31H,15-17,19-21H2,(H,32,35)(H,33,36)/t25?,28-/m0/s1. The summed E-state index contributed by atoms with van der Waals surface area (Å²) in [4.78, 5) is 31.7. The van der Waals surface area contributed by atoms with E-state index in [4.69, 9.17) is 4.74 Å². The van der Waals surface area contributed by atoms with Crippen LogP contribution in [0.3, 0.4) is 0 Å². The van der Waals surface area contributed by atoms with Gasteiger partial charge in [-0.05, 0) is 29.2 Å². The van der Waals surface area contributed by atoms with Crippen LogP contribution in [0.2, 0.25) is 0 Å². The molecule has 1 unspecified atom stereocenters. The van der Waals surface area contributed by atoms with Gasteiger partial charge in [0, 0.05) is 49.2 Å². The first-order valence-corrected chi connectivity index (χ1v) is 12.7. The zero-order valence-corrected chi connectivity index (χ0v) is 20.7. The molecule has 2 atom stereocenters. The number of hydrogen-bond acceptors (Lipinski definition) is 4. The van der Waals surface area contributed by atoms with Crippen LogP contribution in [0.15, 0.2) is 91.1 Å². The zero-order valence-electron chi connectivity index (χ0n) is 20.7. The number of nitrogens with one attached hydrogen (secondary N) is 3. The molecule has 1 aliphatic rings. The van der Waals surface area contributed by atoms with Crippen molar-refractivity contribution in [1.29, 1.82) is 0 Å². The fraction of sp³-hybridized carbons (Fsp3) is 0.267. The van der Waals surface area contributed by atoms with E-state index in [2.05, 4.69) is 32.7 Å². The monoisotopic (exact) mass is 496 g/mol. The average Bonchev–Trinajstić information content (AvgIpc) is 3.55. The molecule has 0 aliphatic carbocycles. The minimum atomic E-state index is -0.759. The molecular weight excluding hydrogens is 464 g/mol. The molecule has 190 valence electrons. The van der Waals surface area contributed by atoms with Crippen LogP contribution in [-0.2, 0) is 29.1 Å². The van der Waals surface area contributed by atoms with Crippen molar-refractivity contribution in [3.8, 4) is 0 Å². The molecule has 1 saturated heterocycles. The van der Waals surface area contributed by atoms with E-state index in [1.54, 1.807) is 0 Å². The van der Waals surface area contributed by atoms with Crippen molar-refractivity contribution in [3.05, 3.63) is 108 Å². The minimum absolute atomic E-state index is 0.0313. The van der Waals surface area contributed by atoms with Gasteiger partial charge in [0.25, 0.3) is 0 Å². The van der Waals surface area contributed by atoms with Gasteiger partial charge in [0.1, 0.15) is 12.6 Å². The lowest BCUT2D eigenvalue weighted by molar-refractivity contribution is -0.123. The predicted octanol–water partition coefficient (Wildman–Crippen LogP) is 4.40. The number of carbonyl (C=O) groups is 2. The van der Waals surface area contributed by atoms with E-state index < -0.39 is 12.1 Å². The predicted molar refractivity (Wildman–Crippen MR) is 144 cm³/mol. The number of H-pyrrole nitrogens is 1. The molecule has 3 aromatic carbocycles. The van der Waals surface area contributed by atoms with Gasteiger partial charge in [-0.2, -0.15) is 0 Å². The number of benzene rings is 3. The molecule has 7 nitrogen and oxygen atoms in total. The lowest BCUT2D eigenvalue weighted by Crippen LogP contribution is -2.51. The van der Waals surface area contributed by atoms with Crippen molar-refractivity contribution >= 4 is 22.9 Å². The van der Waals surface area contributed by atoms with Crippen LogP contribution < -0.4 is 10.6 Å². The highest BCUT2D eigenvalue weighted by molar-refractivity contribution is 5.88. The van der Waals surface area contributed by atoms with Gasteiger partial charge in [-0.1, -0.05) is 78.9 Å². The zero-order chi connectivity index (χ0) is 25.5. The Morgan fingerprint density at radius 3 is 2.43 bits per heavy atom. The van der Waals surface area contributed by atoms with Gasteiger partial charge in [0.15, 0.2) is 0 Å². The number of amides is 2. The first-order valence-electron chi connectivity index (χ1n) is 12.7. The van der Waals surface area contributed by atoms with E-state index >= 15 is 0 Å². The molecule has 37 heavy (non-hydrogen) atoms. The molecule has 0 spiro atoms. The smallest absolute Gasteiger partial charge is 0.408 e. The number of likely N-dealkylation sites (tertiary alicyclic amines) is 1. The van der Waals surface area contributed by atoms with Gasteiger partial charge < -0.3 is 20.4 Å². The maximum Gasteiger partial charge on any atom is 0.408 e. The Bertz CT molecular complexity index is 1320. The number of rotatable bonds is 9. The highest BCUT2D eigenvalue weighted by Crippen LogP contribution is 2.20. The first-order chi connectivity index (χ1) is 18.1. The summed E-state index contributed by atoms with van der Waals surface area (Å²) in [6.07, 6.45) is 2.52. The molecule has 2 amide bonds. The Balaban J connectivity index is 1.23. The van der Waals surface area contributed by atoms with Gasteiger partial charge in [-0.25, -0.2) is 4.79 Å². The molecule has 1 aliphatic heterocycles. The molecule has 7 heteroatoms. The Hall–Kier alpha value is -4.10. The van der Waals surface area contributed by atoms with Crippen LogP contribution in [-0.4, -0.2) is 47.1 Å². The fourth-order valence-electron chi connectivity index (χ4n) is 4.87. The lowest BCUT2D eigenvalue weighted by Gasteiger charge is -2.21. The van der Waals surface area contributed by atoms with E-state index in [-0.39, 0.29) is 18.6 Å². The fourth-order valence-corrected chi connectivity index (χ4v) is 4.87. The van der Waals surface area contributed by atoms with Crippen molar-refractivity contribution in [3.63, 3.8) is 0 Å². The quantitative estimate of drug-likeness (QED) is 0.321. The Morgan fingerprint density at radius 1 is 0.946 bits per heavy atom. The molecule has 0 saturated carbocycles. The number of aromatic nitrogens is 1. The number of aromatic amines is 1. The van der Waals surface area contributed by atoms with E-state index in [0.29, 0.717) is 6.42 Å². The van der Waals surface area contributed by atoms with E-state index in [1.807, 2.05) is 79.0 Å². The maximum absolute atomic E-state index is 13.4. The molecule has 0 radical (unpaired) electrons. The summed E-state index contributed by atoms with van der Waals surface area (Å²) in [5, 5.41) is 7.02. The van der Waals surface area contributed by atoms with Gasteiger partial charge in [0.05, 0.1) is 0 Å². The van der Waals surface area contributed by atoms with Crippen LogP contribution >= 0.6 is 0 Å². The summed E-state index contributed by atoms with van der Waals surface area (Å²) in [5.41, 5.74) is 4.11. The number of ether oxygens (including phenoxy) is 1. The van der Waals surface area contributed by atoms with Crippen molar-refractivity contribution in [2.24, 2.45) is 0 Å². The second kappa shape index (κ2) is 11.8. The Kier molecular flexibility index (Phi) is 7.81. The summed E-state index contributed by atoms with van der Waals surface area (Å²) < 4.78 is 5.42. The van der Waals surface area contributed by atoms with Crippen molar-refractivity contribution < 1.29 is 14.3 Å². The van der Waals surface area contributed by atoms with Crippen molar-refractivity contribution in [2.45, 2.75) is 38.1 Å². The second-order valence-corrected chi connectivity index (χ2v) is 9.54.